The Hall–Kier alpha value is -3.46. The van der Waals surface area contributed by atoms with E-state index >= 15 is 0 Å². The summed E-state index contributed by atoms with van der Waals surface area (Å²) in [5, 5.41) is 19.8. The Labute approximate surface area is 218 Å². The van der Waals surface area contributed by atoms with E-state index in [1.165, 1.54) is 11.1 Å². The highest BCUT2D eigenvalue weighted by atomic mass is 16.3. The molecule has 1 fully saturated rings. The van der Waals surface area contributed by atoms with E-state index in [1.54, 1.807) is 17.1 Å². The molecule has 0 radical (unpaired) electrons. The number of nitrogens with zero attached hydrogens (tertiary/aromatic N) is 5. The standard InChI is InChI=1S/C28H37N7O2/c1-28(2,3)21-10-12-34(17-21)27(37)33-25-6-4-5-19-15-20(7-8-23(19)25)24-9-11-29-26(32-24)31-22-16-30-35(18-22)13-14-36/h7-9,11,15-16,18,21,25,36H,4-6,10,12-14,17H2,1-3H3,(H,33,37)(H,29,31,32). The van der Waals surface area contributed by atoms with Crippen LogP contribution >= 0.6 is 0 Å². The Morgan fingerprint density at radius 2 is 2.08 bits per heavy atom. The first kappa shape index (κ1) is 25.2. The normalized spacial score (nSPS) is 19.5. The molecule has 2 unspecified atom stereocenters. The molecule has 1 aliphatic heterocycles. The smallest absolute Gasteiger partial charge is 0.317 e. The molecule has 2 amide bonds. The van der Waals surface area contributed by atoms with Gasteiger partial charge in [-0.3, -0.25) is 4.68 Å². The van der Waals surface area contributed by atoms with Crippen molar-refractivity contribution < 1.29 is 9.90 Å². The molecule has 1 saturated heterocycles. The molecule has 0 spiro atoms. The summed E-state index contributed by atoms with van der Waals surface area (Å²) in [5.41, 5.74) is 5.32. The summed E-state index contributed by atoms with van der Waals surface area (Å²) in [6.45, 7) is 8.92. The minimum absolute atomic E-state index is 0.0336. The second-order valence-electron chi connectivity index (χ2n) is 11.2. The molecule has 9 nitrogen and oxygen atoms in total. The Bertz CT molecular complexity index is 1250. The van der Waals surface area contributed by atoms with E-state index in [9.17, 15) is 4.79 Å². The van der Waals surface area contributed by atoms with E-state index in [1.807, 2.05) is 17.2 Å². The van der Waals surface area contributed by atoms with Crippen molar-refractivity contribution in [1.82, 2.24) is 30.0 Å². The van der Waals surface area contributed by atoms with Crippen molar-refractivity contribution in [3.8, 4) is 11.3 Å². The first-order valence-corrected chi connectivity index (χ1v) is 13.2. The van der Waals surface area contributed by atoms with Crippen molar-refractivity contribution in [2.75, 3.05) is 25.0 Å². The minimum Gasteiger partial charge on any atom is -0.394 e. The van der Waals surface area contributed by atoms with Gasteiger partial charge in [-0.05, 0) is 60.3 Å². The van der Waals surface area contributed by atoms with Gasteiger partial charge in [0.15, 0.2) is 0 Å². The fourth-order valence-corrected chi connectivity index (χ4v) is 5.38. The lowest BCUT2D eigenvalue weighted by Crippen LogP contribution is -2.41. The molecular weight excluding hydrogens is 466 g/mol. The van der Waals surface area contributed by atoms with Crippen molar-refractivity contribution in [2.45, 2.75) is 59.0 Å². The number of benzene rings is 1. The number of amides is 2. The molecule has 2 atom stereocenters. The van der Waals surface area contributed by atoms with Crippen LogP contribution in [0.3, 0.4) is 0 Å². The SMILES string of the molecule is CC(C)(C)C1CCN(C(=O)NC2CCCc3cc(-c4ccnc(Nc5cnn(CCO)c5)n4)ccc32)C1. The van der Waals surface area contributed by atoms with Crippen LogP contribution < -0.4 is 10.6 Å². The lowest BCUT2D eigenvalue weighted by Gasteiger charge is -2.30. The van der Waals surface area contributed by atoms with Gasteiger partial charge >= 0.3 is 6.03 Å². The lowest BCUT2D eigenvalue weighted by atomic mass is 9.80. The van der Waals surface area contributed by atoms with E-state index in [0.29, 0.717) is 18.4 Å². The van der Waals surface area contributed by atoms with Crippen molar-refractivity contribution in [3.05, 3.63) is 54.0 Å². The molecule has 1 aromatic carbocycles. The molecule has 2 aliphatic rings. The highest BCUT2D eigenvalue weighted by Gasteiger charge is 2.34. The molecule has 2 aromatic heterocycles. The van der Waals surface area contributed by atoms with Crippen molar-refractivity contribution in [3.63, 3.8) is 0 Å². The van der Waals surface area contributed by atoms with Gasteiger partial charge in [0, 0.05) is 31.0 Å². The van der Waals surface area contributed by atoms with Gasteiger partial charge in [-0.15, -0.1) is 0 Å². The Morgan fingerprint density at radius 3 is 2.86 bits per heavy atom. The van der Waals surface area contributed by atoms with Crippen LogP contribution in [0.25, 0.3) is 11.3 Å². The number of aliphatic hydroxyl groups is 1. The largest absolute Gasteiger partial charge is 0.394 e. The van der Waals surface area contributed by atoms with E-state index < -0.39 is 0 Å². The van der Waals surface area contributed by atoms with Gasteiger partial charge in [0.1, 0.15) is 0 Å². The highest BCUT2D eigenvalue weighted by molar-refractivity contribution is 5.75. The van der Waals surface area contributed by atoms with E-state index in [2.05, 4.69) is 59.7 Å². The third-order valence-electron chi connectivity index (χ3n) is 7.63. The Balaban J connectivity index is 1.27. The third kappa shape index (κ3) is 5.77. The average Bonchev–Trinajstić information content (AvgIpc) is 3.55. The quantitative estimate of drug-likeness (QED) is 0.456. The summed E-state index contributed by atoms with van der Waals surface area (Å²) in [4.78, 5) is 24.1. The predicted molar refractivity (Wildman–Crippen MR) is 143 cm³/mol. The number of hydrogen-bond donors (Lipinski definition) is 3. The number of urea groups is 1. The first-order valence-electron chi connectivity index (χ1n) is 13.2. The van der Waals surface area contributed by atoms with Crippen LogP contribution in [0.2, 0.25) is 0 Å². The molecule has 0 saturated carbocycles. The maximum Gasteiger partial charge on any atom is 0.317 e. The van der Waals surface area contributed by atoms with Gasteiger partial charge in [-0.1, -0.05) is 32.9 Å². The highest BCUT2D eigenvalue weighted by Crippen LogP contribution is 2.35. The van der Waals surface area contributed by atoms with Crippen molar-refractivity contribution in [2.24, 2.45) is 11.3 Å². The van der Waals surface area contributed by atoms with E-state index in [0.717, 1.165) is 55.7 Å². The molecule has 1 aliphatic carbocycles. The number of likely N-dealkylation sites (tertiary alicyclic amines) is 1. The Kier molecular flexibility index (Phi) is 7.15. The van der Waals surface area contributed by atoms with Crippen molar-refractivity contribution in [1.29, 1.82) is 0 Å². The number of anilines is 2. The summed E-state index contributed by atoms with van der Waals surface area (Å²) in [7, 11) is 0. The second-order valence-corrected chi connectivity index (χ2v) is 11.2. The zero-order valence-electron chi connectivity index (χ0n) is 21.9. The van der Waals surface area contributed by atoms with Gasteiger partial charge < -0.3 is 20.6 Å². The molecule has 3 aromatic rings. The summed E-state index contributed by atoms with van der Waals surface area (Å²) in [6.07, 6.45) is 9.30. The number of carbonyl (C=O) groups is 1. The lowest BCUT2D eigenvalue weighted by molar-refractivity contribution is 0.192. The number of aromatic nitrogens is 4. The number of aliphatic hydroxyl groups excluding tert-OH is 1. The van der Waals surface area contributed by atoms with Gasteiger partial charge in [0.25, 0.3) is 0 Å². The van der Waals surface area contributed by atoms with Gasteiger partial charge in [0.05, 0.1) is 36.8 Å². The maximum atomic E-state index is 13.1. The van der Waals surface area contributed by atoms with Crippen LogP contribution in [-0.2, 0) is 13.0 Å². The van der Waals surface area contributed by atoms with E-state index in [-0.39, 0.29) is 24.1 Å². The van der Waals surface area contributed by atoms with Gasteiger partial charge in [0.2, 0.25) is 5.95 Å². The van der Waals surface area contributed by atoms with Crippen LogP contribution in [0.4, 0.5) is 16.4 Å². The van der Waals surface area contributed by atoms with Gasteiger partial charge in [-0.2, -0.15) is 5.10 Å². The number of carbonyl (C=O) groups excluding carboxylic acids is 1. The van der Waals surface area contributed by atoms with E-state index in [4.69, 9.17) is 10.1 Å². The molecule has 3 N–H and O–H groups in total. The zero-order valence-corrected chi connectivity index (χ0v) is 21.9. The Morgan fingerprint density at radius 1 is 1.22 bits per heavy atom. The summed E-state index contributed by atoms with van der Waals surface area (Å²) < 4.78 is 1.66. The monoisotopic (exact) mass is 503 g/mol. The third-order valence-corrected chi connectivity index (χ3v) is 7.63. The van der Waals surface area contributed by atoms with Crippen LogP contribution in [0.15, 0.2) is 42.9 Å². The molecule has 196 valence electrons. The van der Waals surface area contributed by atoms with Gasteiger partial charge in [-0.25, -0.2) is 14.8 Å². The number of hydrogen-bond acceptors (Lipinski definition) is 6. The summed E-state index contributed by atoms with van der Waals surface area (Å²) in [6, 6.07) is 8.43. The maximum absolute atomic E-state index is 13.1. The number of nitrogens with one attached hydrogen (secondary N) is 2. The van der Waals surface area contributed by atoms with Crippen LogP contribution in [-0.4, -0.2) is 55.5 Å². The predicted octanol–water partition coefficient (Wildman–Crippen LogP) is 4.53. The summed E-state index contributed by atoms with van der Waals surface area (Å²) in [5.74, 6) is 1.03. The molecule has 0 bridgehead atoms. The molecular formula is C28H37N7O2. The topological polar surface area (TPSA) is 108 Å². The average molecular weight is 504 g/mol. The molecule has 3 heterocycles. The van der Waals surface area contributed by atoms with Crippen molar-refractivity contribution >= 4 is 17.7 Å². The number of rotatable bonds is 6. The first-order chi connectivity index (χ1) is 17.8. The molecule has 37 heavy (non-hydrogen) atoms. The zero-order chi connectivity index (χ0) is 26.0. The fourth-order valence-electron chi connectivity index (χ4n) is 5.38. The molecule has 9 heteroatoms. The fraction of sp³-hybridized carbons (Fsp3) is 0.500. The van der Waals surface area contributed by atoms with Crippen LogP contribution in [0.1, 0.15) is 57.2 Å². The second kappa shape index (κ2) is 10.5. The number of fused-ring (bicyclic) bond motifs is 1. The molecule has 5 rings (SSSR count). The van der Waals surface area contributed by atoms with Crippen LogP contribution in [0, 0.1) is 11.3 Å². The number of aryl methyl sites for hydroxylation is 1. The van der Waals surface area contributed by atoms with Crippen LogP contribution in [0.5, 0.6) is 0 Å². The summed E-state index contributed by atoms with van der Waals surface area (Å²) >= 11 is 0. The minimum atomic E-state index is 0.0336.